The molecule has 0 aromatic rings. The Morgan fingerprint density at radius 1 is 1.55 bits per heavy atom. The van der Waals surface area contributed by atoms with E-state index in [1.54, 1.807) is 0 Å². The SMILES string of the molecule is O=C1OC(CO)CC(O)C1=O. The van der Waals surface area contributed by atoms with Crippen molar-refractivity contribution in [2.75, 3.05) is 6.61 Å². The quantitative estimate of drug-likeness (QED) is 0.350. The van der Waals surface area contributed by atoms with Crippen LogP contribution in [0.15, 0.2) is 0 Å². The third-order valence-corrected chi connectivity index (χ3v) is 1.47. The van der Waals surface area contributed by atoms with Crippen LogP contribution in [0.25, 0.3) is 0 Å². The third-order valence-electron chi connectivity index (χ3n) is 1.47. The zero-order valence-corrected chi connectivity index (χ0v) is 5.69. The van der Waals surface area contributed by atoms with Crippen LogP contribution in [0.3, 0.4) is 0 Å². The van der Waals surface area contributed by atoms with Crippen LogP contribution in [0.2, 0.25) is 0 Å². The molecule has 11 heavy (non-hydrogen) atoms. The zero-order chi connectivity index (χ0) is 8.43. The first kappa shape index (κ1) is 8.16. The van der Waals surface area contributed by atoms with Crippen molar-refractivity contribution >= 4 is 11.8 Å². The number of esters is 1. The molecule has 1 aliphatic heterocycles. The molecule has 62 valence electrons. The summed E-state index contributed by atoms with van der Waals surface area (Å²) in [7, 11) is 0. The van der Waals surface area contributed by atoms with Crippen molar-refractivity contribution < 1.29 is 24.5 Å². The average Bonchev–Trinajstić information content (AvgIpc) is 1.99. The van der Waals surface area contributed by atoms with Gasteiger partial charge in [0.25, 0.3) is 5.78 Å². The minimum Gasteiger partial charge on any atom is -0.454 e. The summed E-state index contributed by atoms with van der Waals surface area (Å²) in [6.45, 7) is -0.365. The van der Waals surface area contributed by atoms with Crippen molar-refractivity contribution in [2.45, 2.75) is 18.6 Å². The topological polar surface area (TPSA) is 83.8 Å². The van der Waals surface area contributed by atoms with Gasteiger partial charge in [0.2, 0.25) is 0 Å². The van der Waals surface area contributed by atoms with Gasteiger partial charge in [0, 0.05) is 6.42 Å². The van der Waals surface area contributed by atoms with Gasteiger partial charge >= 0.3 is 5.97 Å². The van der Waals surface area contributed by atoms with Crippen LogP contribution < -0.4 is 0 Å². The smallest absolute Gasteiger partial charge is 0.377 e. The lowest BCUT2D eigenvalue weighted by Crippen LogP contribution is -2.42. The highest BCUT2D eigenvalue weighted by molar-refractivity contribution is 6.35. The molecule has 0 aromatic carbocycles. The van der Waals surface area contributed by atoms with Gasteiger partial charge in [-0.25, -0.2) is 4.79 Å². The fraction of sp³-hybridized carbons (Fsp3) is 0.667. The van der Waals surface area contributed by atoms with Gasteiger partial charge in [-0.15, -0.1) is 0 Å². The number of aliphatic hydroxyl groups is 2. The van der Waals surface area contributed by atoms with Gasteiger partial charge in [-0.2, -0.15) is 0 Å². The second-order valence-corrected chi connectivity index (χ2v) is 2.33. The highest BCUT2D eigenvalue weighted by Crippen LogP contribution is 2.11. The molecule has 1 rings (SSSR count). The summed E-state index contributed by atoms with van der Waals surface area (Å²) in [5.41, 5.74) is 0. The first-order chi connectivity index (χ1) is 5.15. The number of hydrogen-bond donors (Lipinski definition) is 2. The summed E-state index contributed by atoms with van der Waals surface area (Å²) in [4.78, 5) is 21.1. The number of carbonyl (C=O) groups excluding carboxylic acids is 2. The molecule has 0 saturated carbocycles. The Labute approximate surface area is 62.6 Å². The van der Waals surface area contributed by atoms with Crippen molar-refractivity contribution in [1.29, 1.82) is 0 Å². The minimum absolute atomic E-state index is 0.0128. The van der Waals surface area contributed by atoms with Gasteiger partial charge < -0.3 is 14.9 Å². The summed E-state index contributed by atoms with van der Waals surface area (Å²) in [5, 5.41) is 17.4. The first-order valence-electron chi connectivity index (χ1n) is 3.19. The van der Waals surface area contributed by atoms with Gasteiger partial charge in [0.05, 0.1) is 6.61 Å². The average molecular weight is 160 g/mol. The molecule has 1 heterocycles. The Kier molecular flexibility index (Phi) is 2.21. The molecule has 1 aliphatic rings. The third kappa shape index (κ3) is 1.55. The standard InChI is InChI=1S/C6H8O5/c7-2-3-1-4(8)5(9)6(10)11-3/h3-4,7-8H,1-2H2. The summed E-state index contributed by atoms with van der Waals surface area (Å²) in [6.07, 6.45) is -2.07. The Balaban J connectivity index is 2.62. The molecule has 0 spiro atoms. The number of aliphatic hydroxyl groups excluding tert-OH is 2. The molecule has 1 fully saturated rings. The lowest BCUT2D eigenvalue weighted by atomic mass is 10.1. The van der Waals surface area contributed by atoms with E-state index < -0.39 is 24.0 Å². The molecule has 2 atom stereocenters. The van der Waals surface area contributed by atoms with E-state index in [0.29, 0.717) is 0 Å². The number of cyclic esters (lactones) is 1. The van der Waals surface area contributed by atoms with Crippen LogP contribution in [0.4, 0.5) is 0 Å². The molecule has 5 nitrogen and oxygen atoms in total. The molecule has 2 unspecified atom stereocenters. The second-order valence-electron chi connectivity index (χ2n) is 2.33. The highest BCUT2D eigenvalue weighted by atomic mass is 16.6. The van der Waals surface area contributed by atoms with Crippen molar-refractivity contribution in [1.82, 2.24) is 0 Å². The summed E-state index contributed by atoms with van der Waals surface area (Å²) in [5.74, 6) is -2.00. The lowest BCUT2D eigenvalue weighted by Gasteiger charge is -2.22. The van der Waals surface area contributed by atoms with Crippen molar-refractivity contribution in [3.63, 3.8) is 0 Å². The Morgan fingerprint density at radius 3 is 2.64 bits per heavy atom. The number of rotatable bonds is 1. The minimum atomic E-state index is -1.31. The maximum atomic E-state index is 10.6. The molecule has 0 amide bonds. The fourth-order valence-corrected chi connectivity index (χ4v) is 0.861. The Morgan fingerprint density at radius 2 is 2.18 bits per heavy atom. The number of Topliss-reactive ketones (excluding diaryl/α,β-unsaturated/α-hetero) is 1. The van der Waals surface area contributed by atoms with E-state index in [-0.39, 0.29) is 13.0 Å². The maximum absolute atomic E-state index is 10.6. The predicted molar refractivity (Wildman–Crippen MR) is 32.6 cm³/mol. The Bertz CT molecular complexity index is 187. The second kappa shape index (κ2) is 2.98. The van der Waals surface area contributed by atoms with Gasteiger partial charge in [-0.1, -0.05) is 0 Å². The van der Waals surface area contributed by atoms with E-state index in [0.717, 1.165) is 0 Å². The van der Waals surface area contributed by atoms with Gasteiger partial charge in [-0.3, -0.25) is 4.79 Å². The normalized spacial score (nSPS) is 31.8. The number of carbonyl (C=O) groups is 2. The van der Waals surface area contributed by atoms with Crippen LogP contribution in [0, 0.1) is 0 Å². The van der Waals surface area contributed by atoms with Crippen LogP contribution >= 0.6 is 0 Å². The Hall–Kier alpha value is -0.940. The predicted octanol–water partition coefficient (Wildman–Crippen LogP) is -1.78. The molecular weight excluding hydrogens is 152 g/mol. The van der Waals surface area contributed by atoms with Crippen molar-refractivity contribution in [2.24, 2.45) is 0 Å². The summed E-state index contributed by atoms with van der Waals surface area (Å²) in [6, 6.07) is 0. The maximum Gasteiger partial charge on any atom is 0.377 e. The van der Waals surface area contributed by atoms with Crippen LogP contribution in [0.1, 0.15) is 6.42 Å². The monoisotopic (exact) mass is 160 g/mol. The molecule has 0 aliphatic carbocycles. The van der Waals surface area contributed by atoms with Gasteiger partial charge in [0.15, 0.2) is 0 Å². The molecule has 2 N–H and O–H groups in total. The molecule has 1 saturated heterocycles. The number of hydrogen-bond acceptors (Lipinski definition) is 5. The highest BCUT2D eigenvalue weighted by Gasteiger charge is 2.35. The van der Waals surface area contributed by atoms with E-state index in [2.05, 4.69) is 4.74 Å². The van der Waals surface area contributed by atoms with Crippen LogP contribution in [0.5, 0.6) is 0 Å². The van der Waals surface area contributed by atoms with Crippen molar-refractivity contribution in [3.8, 4) is 0 Å². The van der Waals surface area contributed by atoms with Crippen LogP contribution in [-0.2, 0) is 14.3 Å². The molecule has 0 bridgehead atoms. The summed E-state index contributed by atoms with van der Waals surface area (Å²) >= 11 is 0. The molecule has 5 heteroatoms. The van der Waals surface area contributed by atoms with Crippen molar-refractivity contribution in [3.05, 3.63) is 0 Å². The van der Waals surface area contributed by atoms with Gasteiger partial charge in [-0.05, 0) is 0 Å². The van der Waals surface area contributed by atoms with E-state index in [4.69, 9.17) is 10.2 Å². The lowest BCUT2D eigenvalue weighted by molar-refractivity contribution is -0.171. The summed E-state index contributed by atoms with van der Waals surface area (Å²) < 4.78 is 4.42. The zero-order valence-electron chi connectivity index (χ0n) is 5.69. The fourth-order valence-electron chi connectivity index (χ4n) is 0.861. The molecular formula is C6H8O5. The van der Waals surface area contributed by atoms with E-state index in [1.807, 2.05) is 0 Å². The van der Waals surface area contributed by atoms with E-state index in [9.17, 15) is 9.59 Å². The van der Waals surface area contributed by atoms with E-state index >= 15 is 0 Å². The largest absolute Gasteiger partial charge is 0.454 e. The molecule has 0 radical (unpaired) electrons. The number of ether oxygens (including phenoxy) is 1. The van der Waals surface area contributed by atoms with Gasteiger partial charge in [0.1, 0.15) is 12.2 Å². The van der Waals surface area contributed by atoms with Crippen LogP contribution in [-0.4, -0.2) is 40.8 Å². The first-order valence-corrected chi connectivity index (χ1v) is 3.19. The number of ketones is 1. The van der Waals surface area contributed by atoms with E-state index in [1.165, 1.54) is 0 Å². The molecule has 0 aromatic heterocycles.